The van der Waals surface area contributed by atoms with E-state index < -0.39 is 5.60 Å². The number of nitrogens with two attached hydrogens (primary N) is 1. The van der Waals surface area contributed by atoms with Gasteiger partial charge < -0.3 is 15.6 Å². The average molecular weight is 207 g/mol. The van der Waals surface area contributed by atoms with Gasteiger partial charge in [-0.2, -0.15) is 0 Å². The summed E-state index contributed by atoms with van der Waals surface area (Å²) in [6, 6.07) is 7.66. The van der Waals surface area contributed by atoms with Crippen molar-refractivity contribution >= 4 is 5.69 Å². The van der Waals surface area contributed by atoms with Gasteiger partial charge in [0.25, 0.3) is 0 Å². The van der Waals surface area contributed by atoms with E-state index in [1.54, 1.807) is 0 Å². The molecule has 15 heavy (non-hydrogen) atoms. The number of hydrogen-bond acceptors (Lipinski definition) is 3. The molecule has 1 saturated heterocycles. The van der Waals surface area contributed by atoms with Crippen molar-refractivity contribution in [1.29, 1.82) is 0 Å². The van der Waals surface area contributed by atoms with Gasteiger partial charge in [0.15, 0.2) is 0 Å². The highest BCUT2D eigenvalue weighted by Gasteiger charge is 2.30. The Hall–Kier alpha value is -1.06. The van der Waals surface area contributed by atoms with Crippen LogP contribution in [0.2, 0.25) is 0 Å². The van der Waals surface area contributed by atoms with Gasteiger partial charge >= 0.3 is 0 Å². The molecule has 1 aromatic rings. The van der Waals surface area contributed by atoms with E-state index in [2.05, 4.69) is 0 Å². The minimum absolute atomic E-state index is 0.432. The normalized spacial score (nSPS) is 26.5. The molecule has 1 unspecified atom stereocenters. The SMILES string of the molecule is Nc1cccc(CC2(O)CCCOC2)c1. The van der Waals surface area contributed by atoms with Gasteiger partial charge in [-0.3, -0.25) is 0 Å². The molecule has 0 aliphatic carbocycles. The minimum atomic E-state index is -0.702. The maximum absolute atomic E-state index is 10.2. The molecule has 82 valence electrons. The second kappa shape index (κ2) is 4.21. The van der Waals surface area contributed by atoms with Gasteiger partial charge in [0.1, 0.15) is 0 Å². The fourth-order valence-electron chi connectivity index (χ4n) is 2.06. The fraction of sp³-hybridized carbons (Fsp3) is 0.500. The molecule has 3 heteroatoms. The molecule has 0 bridgehead atoms. The van der Waals surface area contributed by atoms with Crippen LogP contribution in [0.3, 0.4) is 0 Å². The van der Waals surface area contributed by atoms with Crippen molar-refractivity contribution in [2.75, 3.05) is 18.9 Å². The molecule has 0 radical (unpaired) electrons. The molecule has 1 aliphatic rings. The van der Waals surface area contributed by atoms with E-state index in [9.17, 15) is 5.11 Å². The maximum atomic E-state index is 10.2. The predicted molar refractivity (Wildman–Crippen MR) is 59.6 cm³/mol. The zero-order valence-electron chi connectivity index (χ0n) is 8.78. The van der Waals surface area contributed by atoms with Crippen LogP contribution in [0.1, 0.15) is 18.4 Å². The monoisotopic (exact) mass is 207 g/mol. The van der Waals surface area contributed by atoms with Crippen LogP contribution in [0.25, 0.3) is 0 Å². The quantitative estimate of drug-likeness (QED) is 0.720. The molecule has 0 spiro atoms. The Morgan fingerprint density at radius 3 is 3.00 bits per heavy atom. The summed E-state index contributed by atoms with van der Waals surface area (Å²) in [5, 5.41) is 10.2. The van der Waals surface area contributed by atoms with E-state index in [4.69, 9.17) is 10.5 Å². The molecule has 2 rings (SSSR count). The number of nitrogen functional groups attached to an aromatic ring is 1. The Morgan fingerprint density at radius 1 is 1.47 bits per heavy atom. The highest BCUT2D eigenvalue weighted by molar-refractivity contribution is 5.41. The molecule has 0 saturated carbocycles. The number of ether oxygens (including phenoxy) is 1. The lowest BCUT2D eigenvalue weighted by Gasteiger charge is -2.32. The second-order valence-electron chi connectivity index (χ2n) is 4.30. The van der Waals surface area contributed by atoms with Crippen LogP contribution in [0, 0.1) is 0 Å². The van der Waals surface area contributed by atoms with Crippen molar-refractivity contribution in [2.45, 2.75) is 24.9 Å². The first-order valence-electron chi connectivity index (χ1n) is 5.33. The summed E-state index contributed by atoms with van der Waals surface area (Å²) in [7, 11) is 0. The molecule has 1 aromatic carbocycles. The molecule has 0 aromatic heterocycles. The van der Waals surface area contributed by atoms with Crippen LogP contribution in [0.5, 0.6) is 0 Å². The van der Waals surface area contributed by atoms with Crippen LogP contribution >= 0.6 is 0 Å². The number of aliphatic hydroxyl groups is 1. The first-order chi connectivity index (χ1) is 7.18. The molecule has 1 aliphatic heterocycles. The lowest BCUT2D eigenvalue weighted by molar-refractivity contribution is -0.0844. The van der Waals surface area contributed by atoms with Crippen molar-refractivity contribution in [3.63, 3.8) is 0 Å². The van der Waals surface area contributed by atoms with E-state index in [0.717, 1.165) is 30.7 Å². The molecule has 3 N–H and O–H groups in total. The van der Waals surface area contributed by atoms with Crippen LogP contribution in [-0.2, 0) is 11.2 Å². The smallest absolute Gasteiger partial charge is 0.0921 e. The summed E-state index contributed by atoms with van der Waals surface area (Å²) in [6.45, 7) is 1.20. The van der Waals surface area contributed by atoms with Crippen LogP contribution in [0.4, 0.5) is 5.69 Å². The van der Waals surface area contributed by atoms with Gasteiger partial charge in [-0.25, -0.2) is 0 Å². The van der Waals surface area contributed by atoms with Gasteiger partial charge in [-0.1, -0.05) is 12.1 Å². The third kappa shape index (κ3) is 2.70. The summed E-state index contributed by atoms with van der Waals surface area (Å²) in [5.41, 5.74) is 6.81. The fourth-order valence-corrected chi connectivity index (χ4v) is 2.06. The Morgan fingerprint density at radius 2 is 2.33 bits per heavy atom. The molecule has 3 nitrogen and oxygen atoms in total. The Kier molecular flexibility index (Phi) is 2.93. The van der Waals surface area contributed by atoms with Crippen LogP contribution in [-0.4, -0.2) is 23.9 Å². The Balaban J connectivity index is 2.06. The van der Waals surface area contributed by atoms with Crippen LogP contribution in [0.15, 0.2) is 24.3 Å². The topological polar surface area (TPSA) is 55.5 Å². The van der Waals surface area contributed by atoms with E-state index in [1.807, 2.05) is 24.3 Å². The van der Waals surface area contributed by atoms with E-state index in [0.29, 0.717) is 13.0 Å². The number of anilines is 1. The zero-order chi connectivity index (χ0) is 10.7. The lowest BCUT2D eigenvalue weighted by Crippen LogP contribution is -2.40. The van der Waals surface area contributed by atoms with Crippen molar-refractivity contribution < 1.29 is 9.84 Å². The largest absolute Gasteiger partial charge is 0.399 e. The van der Waals surface area contributed by atoms with Crippen molar-refractivity contribution in [1.82, 2.24) is 0 Å². The predicted octanol–water partition coefficient (Wildman–Crippen LogP) is 1.35. The average Bonchev–Trinajstić information content (AvgIpc) is 2.18. The van der Waals surface area contributed by atoms with Crippen molar-refractivity contribution in [3.05, 3.63) is 29.8 Å². The highest BCUT2D eigenvalue weighted by atomic mass is 16.5. The first kappa shape index (κ1) is 10.5. The summed E-state index contributed by atoms with van der Waals surface area (Å²) in [4.78, 5) is 0. The third-order valence-corrected chi connectivity index (χ3v) is 2.79. The Bertz CT molecular complexity index is 332. The maximum Gasteiger partial charge on any atom is 0.0921 e. The highest BCUT2D eigenvalue weighted by Crippen LogP contribution is 2.24. The summed E-state index contributed by atoms with van der Waals surface area (Å²) < 4.78 is 5.31. The molecule has 1 fully saturated rings. The first-order valence-corrected chi connectivity index (χ1v) is 5.33. The number of benzene rings is 1. The van der Waals surface area contributed by atoms with Crippen molar-refractivity contribution in [3.8, 4) is 0 Å². The van der Waals surface area contributed by atoms with Crippen LogP contribution < -0.4 is 5.73 Å². The summed E-state index contributed by atoms with van der Waals surface area (Å²) in [5.74, 6) is 0. The summed E-state index contributed by atoms with van der Waals surface area (Å²) in [6.07, 6.45) is 2.36. The van der Waals surface area contributed by atoms with E-state index in [-0.39, 0.29) is 0 Å². The number of hydrogen-bond donors (Lipinski definition) is 2. The zero-order valence-corrected chi connectivity index (χ0v) is 8.78. The molecular weight excluding hydrogens is 190 g/mol. The standard InChI is InChI=1S/C12H17NO2/c13-11-4-1-3-10(7-11)8-12(14)5-2-6-15-9-12/h1,3-4,7,14H,2,5-6,8-9,13H2. The van der Waals surface area contributed by atoms with Gasteiger partial charge in [0, 0.05) is 18.7 Å². The molecule has 1 atom stereocenters. The Labute approximate surface area is 89.9 Å². The van der Waals surface area contributed by atoms with Gasteiger partial charge in [-0.05, 0) is 30.5 Å². The summed E-state index contributed by atoms with van der Waals surface area (Å²) >= 11 is 0. The van der Waals surface area contributed by atoms with Gasteiger partial charge in [0.2, 0.25) is 0 Å². The second-order valence-corrected chi connectivity index (χ2v) is 4.30. The van der Waals surface area contributed by atoms with E-state index >= 15 is 0 Å². The van der Waals surface area contributed by atoms with Gasteiger partial charge in [-0.15, -0.1) is 0 Å². The third-order valence-electron chi connectivity index (χ3n) is 2.79. The number of rotatable bonds is 2. The van der Waals surface area contributed by atoms with E-state index in [1.165, 1.54) is 0 Å². The van der Waals surface area contributed by atoms with Gasteiger partial charge in [0.05, 0.1) is 12.2 Å². The molecule has 1 heterocycles. The lowest BCUT2D eigenvalue weighted by atomic mass is 9.89. The minimum Gasteiger partial charge on any atom is -0.399 e. The molecular formula is C12H17NO2. The van der Waals surface area contributed by atoms with Crippen molar-refractivity contribution in [2.24, 2.45) is 0 Å². The molecule has 0 amide bonds.